The van der Waals surface area contributed by atoms with E-state index >= 15 is 0 Å². The Balaban J connectivity index is 3.01. The fraction of sp³-hybridized carbons (Fsp3) is 0.909. The highest BCUT2D eigenvalue weighted by Gasteiger charge is 2.66. The lowest BCUT2D eigenvalue weighted by atomic mass is 10.2. The quantitative estimate of drug-likeness (QED) is 0.723. The second-order valence-electron chi connectivity index (χ2n) is 4.79. The van der Waals surface area contributed by atoms with E-state index in [0.717, 1.165) is 16.2 Å². The Hall–Kier alpha value is -1.08. The van der Waals surface area contributed by atoms with Gasteiger partial charge in [-0.1, -0.05) is 13.3 Å². The monoisotopic (exact) mass is 287 g/mol. The van der Waals surface area contributed by atoms with E-state index in [0.29, 0.717) is 12.8 Å². The number of halogens is 5. The SMILES string of the molecule is CCCCN1C=NN(C(C)C)C1C(F)(F)C(F)(F)F. The van der Waals surface area contributed by atoms with E-state index in [1.54, 1.807) is 0 Å². The summed E-state index contributed by atoms with van der Waals surface area (Å²) in [6, 6.07) is -0.541. The van der Waals surface area contributed by atoms with Crippen molar-refractivity contribution in [3.8, 4) is 0 Å². The highest BCUT2D eigenvalue weighted by atomic mass is 19.4. The lowest BCUT2D eigenvalue weighted by molar-refractivity contribution is -0.315. The van der Waals surface area contributed by atoms with E-state index in [4.69, 9.17) is 0 Å². The van der Waals surface area contributed by atoms with Crippen LogP contribution in [0, 0.1) is 0 Å². The average molecular weight is 287 g/mol. The lowest BCUT2D eigenvalue weighted by Crippen LogP contribution is -2.60. The van der Waals surface area contributed by atoms with Crippen LogP contribution in [0.5, 0.6) is 0 Å². The van der Waals surface area contributed by atoms with Gasteiger partial charge in [-0.3, -0.25) is 5.01 Å². The summed E-state index contributed by atoms with van der Waals surface area (Å²) in [7, 11) is 0. The van der Waals surface area contributed by atoms with Crippen molar-refractivity contribution in [1.82, 2.24) is 9.91 Å². The molecule has 1 unspecified atom stereocenters. The standard InChI is InChI=1S/C11H18F5N3/c1-4-5-6-18-7-17-19(8(2)3)9(18)10(12,13)11(14,15)16/h7-9H,4-6H2,1-3H3. The van der Waals surface area contributed by atoms with Crippen molar-refractivity contribution in [2.45, 2.75) is 57.9 Å². The predicted octanol–water partition coefficient (Wildman–Crippen LogP) is 3.28. The van der Waals surface area contributed by atoms with Gasteiger partial charge in [0, 0.05) is 12.6 Å². The van der Waals surface area contributed by atoms with Crippen LogP contribution >= 0.6 is 0 Å². The van der Waals surface area contributed by atoms with Crippen molar-refractivity contribution in [3.63, 3.8) is 0 Å². The van der Waals surface area contributed by atoms with E-state index in [1.165, 1.54) is 13.8 Å². The minimum Gasteiger partial charge on any atom is -0.334 e. The number of rotatable bonds is 5. The van der Waals surface area contributed by atoms with Crippen molar-refractivity contribution in [3.05, 3.63) is 0 Å². The third-order valence-corrected chi connectivity index (χ3v) is 2.90. The van der Waals surface area contributed by atoms with Gasteiger partial charge in [-0.15, -0.1) is 0 Å². The van der Waals surface area contributed by atoms with Crippen molar-refractivity contribution >= 4 is 6.34 Å². The van der Waals surface area contributed by atoms with Crippen molar-refractivity contribution in [2.24, 2.45) is 5.10 Å². The van der Waals surface area contributed by atoms with Crippen LogP contribution in [0.25, 0.3) is 0 Å². The maximum absolute atomic E-state index is 13.6. The second-order valence-corrected chi connectivity index (χ2v) is 4.79. The first-order valence-electron chi connectivity index (χ1n) is 6.15. The molecule has 0 spiro atoms. The molecule has 0 aromatic heterocycles. The normalized spacial score (nSPS) is 20.8. The van der Waals surface area contributed by atoms with Gasteiger partial charge in [-0.25, -0.2) is 0 Å². The first-order valence-corrected chi connectivity index (χ1v) is 6.15. The van der Waals surface area contributed by atoms with E-state index in [1.807, 2.05) is 6.92 Å². The largest absolute Gasteiger partial charge is 0.457 e. The van der Waals surface area contributed by atoms with Gasteiger partial charge in [0.2, 0.25) is 0 Å². The molecule has 0 bridgehead atoms. The van der Waals surface area contributed by atoms with Crippen LogP contribution in [0.3, 0.4) is 0 Å². The van der Waals surface area contributed by atoms with E-state index in [-0.39, 0.29) is 6.54 Å². The summed E-state index contributed by atoms with van der Waals surface area (Å²) < 4.78 is 64.9. The summed E-state index contributed by atoms with van der Waals surface area (Å²) in [6.45, 7) is 5.02. The average Bonchev–Trinajstić information content (AvgIpc) is 2.68. The summed E-state index contributed by atoms with van der Waals surface area (Å²) >= 11 is 0. The number of nitrogens with zero attached hydrogens (tertiary/aromatic N) is 3. The molecule has 1 aliphatic rings. The fourth-order valence-corrected chi connectivity index (χ4v) is 1.86. The molecule has 1 rings (SSSR count). The summed E-state index contributed by atoms with van der Waals surface area (Å²) in [5.74, 6) is -4.83. The lowest BCUT2D eigenvalue weighted by Gasteiger charge is -2.38. The van der Waals surface area contributed by atoms with Crippen molar-refractivity contribution < 1.29 is 22.0 Å². The van der Waals surface area contributed by atoms with Gasteiger partial charge < -0.3 is 4.90 Å². The Morgan fingerprint density at radius 2 is 1.79 bits per heavy atom. The molecule has 19 heavy (non-hydrogen) atoms. The van der Waals surface area contributed by atoms with Gasteiger partial charge >= 0.3 is 12.1 Å². The molecule has 0 saturated heterocycles. The first kappa shape index (κ1) is 16.0. The molecular formula is C11H18F5N3. The summed E-state index contributed by atoms with van der Waals surface area (Å²) in [4.78, 5) is 0.969. The topological polar surface area (TPSA) is 18.8 Å². The van der Waals surface area contributed by atoms with Gasteiger partial charge in [0.05, 0.1) is 0 Å². The van der Waals surface area contributed by atoms with Crippen LogP contribution in [0.4, 0.5) is 22.0 Å². The summed E-state index contributed by atoms with van der Waals surface area (Å²) in [5, 5.41) is 4.49. The van der Waals surface area contributed by atoms with Gasteiger partial charge in [0.15, 0.2) is 6.17 Å². The number of unbranched alkanes of at least 4 members (excludes halogenated alkanes) is 1. The highest BCUT2D eigenvalue weighted by Crippen LogP contribution is 2.42. The Bertz CT molecular complexity index is 327. The van der Waals surface area contributed by atoms with Gasteiger partial charge in [0.1, 0.15) is 6.34 Å². The molecule has 112 valence electrons. The van der Waals surface area contributed by atoms with Gasteiger partial charge in [-0.05, 0) is 20.3 Å². The van der Waals surface area contributed by atoms with E-state index < -0.39 is 24.3 Å². The van der Waals surface area contributed by atoms with Crippen LogP contribution in [0.2, 0.25) is 0 Å². The minimum atomic E-state index is -5.59. The molecule has 0 radical (unpaired) electrons. The van der Waals surface area contributed by atoms with Crippen LogP contribution in [-0.2, 0) is 0 Å². The molecule has 1 aliphatic heterocycles. The molecule has 3 nitrogen and oxygen atoms in total. The third-order valence-electron chi connectivity index (χ3n) is 2.90. The number of hydrogen-bond acceptors (Lipinski definition) is 3. The van der Waals surface area contributed by atoms with Gasteiger partial charge in [-0.2, -0.15) is 27.1 Å². The summed E-state index contributed by atoms with van der Waals surface area (Å²) in [6.07, 6.45) is -5.39. The highest BCUT2D eigenvalue weighted by molar-refractivity contribution is 5.57. The van der Waals surface area contributed by atoms with Crippen LogP contribution in [0.15, 0.2) is 5.10 Å². The number of hydrazone groups is 1. The smallest absolute Gasteiger partial charge is 0.334 e. The maximum atomic E-state index is 13.6. The van der Waals surface area contributed by atoms with Crippen LogP contribution in [-0.4, -0.2) is 47.1 Å². The number of hydrogen-bond donors (Lipinski definition) is 0. The van der Waals surface area contributed by atoms with Crippen LogP contribution in [0.1, 0.15) is 33.6 Å². The molecule has 0 amide bonds. The van der Waals surface area contributed by atoms with E-state index in [2.05, 4.69) is 5.10 Å². The zero-order chi connectivity index (χ0) is 14.8. The zero-order valence-electron chi connectivity index (χ0n) is 11.1. The van der Waals surface area contributed by atoms with E-state index in [9.17, 15) is 22.0 Å². The zero-order valence-corrected chi connectivity index (χ0v) is 11.1. The van der Waals surface area contributed by atoms with Crippen molar-refractivity contribution in [1.29, 1.82) is 0 Å². The Kier molecular flexibility index (Phi) is 4.63. The first-order chi connectivity index (χ1) is 8.63. The molecule has 1 heterocycles. The predicted molar refractivity (Wildman–Crippen MR) is 61.9 cm³/mol. The molecule has 0 fully saturated rings. The fourth-order valence-electron chi connectivity index (χ4n) is 1.86. The molecular weight excluding hydrogens is 269 g/mol. The Labute approximate surface area is 109 Å². The molecule has 8 heteroatoms. The third kappa shape index (κ3) is 3.09. The molecule has 1 atom stereocenters. The number of alkyl halides is 5. The van der Waals surface area contributed by atoms with Crippen molar-refractivity contribution in [2.75, 3.05) is 6.54 Å². The molecule has 0 aliphatic carbocycles. The molecule has 0 aromatic carbocycles. The molecule has 0 saturated carbocycles. The van der Waals surface area contributed by atoms with Gasteiger partial charge in [0.25, 0.3) is 0 Å². The second kappa shape index (κ2) is 5.50. The molecule has 0 N–H and O–H groups in total. The van der Waals surface area contributed by atoms with Crippen LogP contribution < -0.4 is 0 Å². The Morgan fingerprint density at radius 1 is 1.21 bits per heavy atom. The minimum absolute atomic E-state index is 0.125. The summed E-state index contributed by atoms with van der Waals surface area (Å²) in [5.41, 5.74) is 0. The Morgan fingerprint density at radius 3 is 2.21 bits per heavy atom. The maximum Gasteiger partial charge on any atom is 0.457 e. The molecule has 0 aromatic rings.